The Hall–Kier alpha value is -1.01. The van der Waals surface area contributed by atoms with Gasteiger partial charge in [-0.25, -0.2) is 4.68 Å². The Labute approximate surface area is 95.4 Å². The van der Waals surface area contributed by atoms with Gasteiger partial charge in [0.25, 0.3) is 0 Å². The van der Waals surface area contributed by atoms with Crippen molar-refractivity contribution in [3.63, 3.8) is 0 Å². The number of nitrogens with zero attached hydrogens (tertiary/aromatic N) is 4. The number of hydrogen-bond acceptors (Lipinski definition) is 5. The van der Waals surface area contributed by atoms with E-state index in [1.807, 2.05) is 18.7 Å². The lowest BCUT2D eigenvalue weighted by atomic mass is 10.1. The summed E-state index contributed by atoms with van der Waals surface area (Å²) in [4.78, 5) is 0. The highest BCUT2D eigenvalue weighted by atomic mass is 16.5. The lowest BCUT2D eigenvalue weighted by Gasteiger charge is -2.23. The van der Waals surface area contributed by atoms with E-state index in [0.29, 0.717) is 0 Å². The molecule has 1 aromatic heterocycles. The highest BCUT2D eigenvalue weighted by Gasteiger charge is 2.19. The minimum Gasteiger partial charge on any atom is -0.376 e. The van der Waals surface area contributed by atoms with Gasteiger partial charge in [0.15, 0.2) is 5.82 Å². The van der Waals surface area contributed by atoms with E-state index < -0.39 is 0 Å². The second kappa shape index (κ2) is 5.36. The van der Waals surface area contributed by atoms with Gasteiger partial charge >= 0.3 is 0 Å². The van der Waals surface area contributed by atoms with Gasteiger partial charge in [0.2, 0.25) is 0 Å². The third kappa shape index (κ3) is 2.56. The van der Waals surface area contributed by atoms with E-state index in [0.717, 1.165) is 25.4 Å². The Bertz CT molecular complexity index is 321. The summed E-state index contributed by atoms with van der Waals surface area (Å²) in [6.07, 6.45) is 3.78. The highest BCUT2D eigenvalue weighted by molar-refractivity contribution is 4.89. The summed E-state index contributed by atoms with van der Waals surface area (Å²) < 4.78 is 7.53. The zero-order chi connectivity index (χ0) is 11.4. The first-order chi connectivity index (χ1) is 7.81. The molecule has 1 fully saturated rings. The van der Waals surface area contributed by atoms with Crippen molar-refractivity contribution in [3.05, 3.63) is 5.82 Å². The van der Waals surface area contributed by atoms with Crippen LogP contribution in [0.3, 0.4) is 0 Å². The Morgan fingerprint density at radius 3 is 3.12 bits per heavy atom. The molecule has 6 heteroatoms. The normalized spacial score (nSPS) is 23.2. The van der Waals surface area contributed by atoms with E-state index in [1.54, 1.807) is 0 Å². The van der Waals surface area contributed by atoms with Gasteiger partial charge in [0.1, 0.15) is 0 Å². The third-order valence-electron chi connectivity index (χ3n) is 3.03. The van der Waals surface area contributed by atoms with Gasteiger partial charge in [0, 0.05) is 6.61 Å². The topological polar surface area (TPSA) is 64.9 Å². The van der Waals surface area contributed by atoms with E-state index >= 15 is 0 Å². The molecule has 0 amide bonds. The SMILES string of the molecule is CNC(C)c1nnnn1CC1CCCCO1. The van der Waals surface area contributed by atoms with Crippen molar-refractivity contribution >= 4 is 0 Å². The first-order valence-corrected chi connectivity index (χ1v) is 5.86. The number of ether oxygens (including phenoxy) is 1. The van der Waals surface area contributed by atoms with Gasteiger partial charge in [-0.05, 0) is 43.7 Å². The van der Waals surface area contributed by atoms with E-state index in [4.69, 9.17) is 4.74 Å². The van der Waals surface area contributed by atoms with Crippen molar-refractivity contribution in [2.24, 2.45) is 0 Å². The molecule has 2 atom stereocenters. The molecule has 0 radical (unpaired) electrons. The molecule has 2 unspecified atom stereocenters. The average Bonchev–Trinajstić information content (AvgIpc) is 2.77. The van der Waals surface area contributed by atoms with Crippen LogP contribution in [0, 0.1) is 0 Å². The minimum atomic E-state index is 0.165. The summed E-state index contributed by atoms with van der Waals surface area (Å²) in [6.45, 7) is 3.67. The molecule has 1 aliphatic rings. The second-order valence-electron chi connectivity index (χ2n) is 4.22. The Morgan fingerprint density at radius 1 is 1.56 bits per heavy atom. The van der Waals surface area contributed by atoms with E-state index in [2.05, 4.69) is 20.8 Å². The maximum absolute atomic E-state index is 5.68. The summed E-state index contributed by atoms with van der Waals surface area (Å²) in [5.74, 6) is 0.872. The summed E-state index contributed by atoms with van der Waals surface area (Å²) in [6, 6.07) is 0.165. The number of rotatable bonds is 4. The first kappa shape index (κ1) is 11.5. The van der Waals surface area contributed by atoms with E-state index in [-0.39, 0.29) is 12.1 Å². The molecular weight excluding hydrogens is 206 g/mol. The van der Waals surface area contributed by atoms with E-state index in [1.165, 1.54) is 12.8 Å². The molecular formula is C10H19N5O. The summed E-state index contributed by atoms with van der Waals surface area (Å²) in [7, 11) is 1.90. The van der Waals surface area contributed by atoms with Gasteiger partial charge in [-0.3, -0.25) is 0 Å². The zero-order valence-corrected chi connectivity index (χ0v) is 9.89. The molecule has 0 aliphatic carbocycles. The summed E-state index contributed by atoms with van der Waals surface area (Å²) in [5, 5.41) is 14.9. The lowest BCUT2D eigenvalue weighted by molar-refractivity contribution is 0.00298. The van der Waals surface area contributed by atoms with E-state index in [9.17, 15) is 0 Å². The second-order valence-corrected chi connectivity index (χ2v) is 4.22. The van der Waals surface area contributed by atoms with Gasteiger partial charge in [-0.1, -0.05) is 0 Å². The van der Waals surface area contributed by atoms with Gasteiger partial charge in [0.05, 0.1) is 18.7 Å². The minimum absolute atomic E-state index is 0.165. The maximum Gasteiger partial charge on any atom is 0.168 e. The summed E-state index contributed by atoms with van der Waals surface area (Å²) >= 11 is 0. The maximum atomic E-state index is 5.68. The Kier molecular flexibility index (Phi) is 3.84. The molecule has 2 rings (SSSR count). The van der Waals surface area contributed by atoms with Crippen molar-refractivity contribution in [1.29, 1.82) is 0 Å². The first-order valence-electron chi connectivity index (χ1n) is 5.86. The van der Waals surface area contributed by atoms with Crippen LogP contribution in [0.1, 0.15) is 38.1 Å². The summed E-state index contributed by atoms with van der Waals surface area (Å²) in [5.41, 5.74) is 0. The molecule has 1 aromatic rings. The molecule has 90 valence electrons. The molecule has 1 N–H and O–H groups in total. The molecule has 6 nitrogen and oxygen atoms in total. The lowest BCUT2D eigenvalue weighted by Crippen LogP contribution is -2.27. The molecule has 2 heterocycles. The van der Waals surface area contributed by atoms with Crippen LogP contribution in [-0.2, 0) is 11.3 Å². The number of nitrogens with one attached hydrogen (secondary N) is 1. The molecule has 16 heavy (non-hydrogen) atoms. The molecule has 0 bridgehead atoms. The number of tetrazole rings is 1. The van der Waals surface area contributed by atoms with Crippen LogP contribution >= 0.6 is 0 Å². The van der Waals surface area contributed by atoms with Crippen LogP contribution in [0.25, 0.3) is 0 Å². The van der Waals surface area contributed by atoms with Gasteiger partial charge in [-0.2, -0.15) is 0 Å². The number of aromatic nitrogens is 4. The number of hydrogen-bond donors (Lipinski definition) is 1. The molecule has 0 saturated carbocycles. The molecule has 0 spiro atoms. The van der Waals surface area contributed by atoms with Crippen LogP contribution in [0.2, 0.25) is 0 Å². The van der Waals surface area contributed by atoms with Crippen molar-refractivity contribution < 1.29 is 4.74 Å². The fourth-order valence-electron chi connectivity index (χ4n) is 1.93. The quantitative estimate of drug-likeness (QED) is 0.809. The highest BCUT2D eigenvalue weighted by Crippen LogP contribution is 2.15. The zero-order valence-electron chi connectivity index (χ0n) is 9.89. The largest absolute Gasteiger partial charge is 0.376 e. The van der Waals surface area contributed by atoms with Crippen molar-refractivity contribution in [1.82, 2.24) is 25.5 Å². The molecule has 0 aromatic carbocycles. The predicted molar refractivity (Wildman–Crippen MR) is 58.9 cm³/mol. The Morgan fingerprint density at radius 2 is 2.44 bits per heavy atom. The monoisotopic (exact) mass is 225 g/mol. The standard InChI is InChI=1S/C10H19N5O/c1-8(11-2)10-12-13-14-15(10)7-9-5-3-4-6-16-9/h8-9,11H,3-7H2,1-2H3. The van der Waals surface area contributed by atoms with Gasteiger partial charge < -0.3 is 10.1 Å². The van der Waals surface area contributed by atoms with Crippen LogP contribution in [0.4, 0.5) is 0 Å². The van der Waals surface area contributed by atoms with Crippen LogP contribution in [0.15, 0.2) is 0 Å². The van der Waals surface area contributed by atoms with Crippen LogP contribution in [0.5, 0.6) is 0 Å². The molecule has 1 saturated heterocycles. The fraction of sp³-hybridized carbons (Fsp3) is 0.900. The van der Waals surface area contributed by atoms with Crippen molar-refractivity contribution in [2.45, 2.75) is 44.9 Å². The fourth-order valence-corrected chi connectivity index (χ4v) is 1.93. The Balaban J connectivity index is 2.00. The van der Waals surface area contributed by atoms with Crippen molar-refractivity contribution in [3.8, 4) is 0 Å². The third-order valence-corrected chi connectivity index (χ3v) is 3.03. The van der Waals surface area contributed by atoms with Crippen LogP contribution < -0.4 is 5.32 Å². The van der Waals surface area contributed by atoms with Crippen LogP contribution in [-0.4, -0.2) is 40.0 Å². The predicted octanol–water partition coefficient (Wildman–Crippen LogP) is 0.523. The average molecular weight is 225 g/mol. The molecule has 1 aliphatic heterocycles. The smallest absolute Gasteiger partial charge is 0.168 e. The van der Waals surface area contributed by atoms with Crippen molar-refractivity contribution in [2.75, 3.05) is 13.7 Å². The van der Waals surface area contributed by atoms with Gasteiger partial charge in [-0.15, -0.1) is 5.10 Å².